The topological polar surface area (TPSA) is 122 Å². The molecule has 38 heavy (non-hydrogen) atoms. The molecule has 3 heterocycles. The van der Waals surface area contributed by atoms with Crippen LogP contribution in [-0.4, -0.2) is 83.8 Å². The fourth-order valence-corrected chi connectivity index (χ4v) is 5.50. The van der Waals surface area contributed by atoms with E-state index in [1.54, 1.807) is 29.3 Å². The van der Waals surface area contributed by atoms with Crippen LogP contribution in [-0.2, 0) is 16.3 Å². The second-order valence-corrected chi connectivity index (χ2v) is 12.0. The molecule has 1 amide bonds. The first-order chi connectivity index (χ1) is 18.1. The Morgan fingerprint density at radius 1 is 1.11 bits per heavy atom. The number of amides is 1. The van der Waals surface area contributed by atoms with E-state index in [0.717, 1.165) is 11.3 Å². The molecule has 0 spiro atoms. The third kappa shape index (κ3) is 6.46. The van der Waals surface area contributed by atoms with Gasteiger partial charge in [-0.05, 0) is 43.7 Å². The predicted molar refractivity (Wildman–Crippen MR) is 146 cm³/mol. The van der Waals surface area contributed by atoms with E-state index >= 15 is 4.39 Å². The zero-order valence-electron chi connectivity index (χ0n) is 21.3. The van der Waals surface area contributed by atoms with Gasteiger partial charge >= 0.3 is 0 Å². The number of nitrogen functional groups attached to an aromatic ring is 1. The van der Waals surface area contributed by atoms with Crippen LogP contribution in [0.15, 0.2) is 36.8 Å². The number of hydrogen-bond donors (Lipinski definition) is 1. The van der Waals surface area contributed by atoms with Crippen LogP contribution in [0.4, 0.5) is 10.2 Å². The number of anilines is 1. The Hall–Kier alpha value is -3.15. The molecule has 202 valence electrons. The average Bonchev–Trinajstić information content (AvgIpc) is 2.88. The molecule has 1 aromatic carbocycles. The van der Waals surface area contributed by atoms with Gasteiger partial charge in [0, 0.05) is 55.3 Å². The zero-order valence-corrected chi connectivity index (χ0v) is 22.9. The van der Waals surface area contributed by atoms with Crippen molar-refractivity contribution in [2.75, 3.05) is 50.5 Å². The molecule has 0 radical (unpaired) electrons. The molecule has 4 rings (SSSR count). The summed E-state index contributed by atoms with van der Waals surface area (Å²) in [6.07, 6.45) is 5.40. The highest BCUT2D eigenvalue weighted by atomic mass is 35.5. The van der Waals surface area contributed by atoms with Crippen LogP contribution in [0, 0.1) is 5.82 Å². The summed E-state index contributed by atoms with van der Waals surface area (Å²) in [5.74, 6) is -0.708. The molecule has 1 fully saturated rings. The van der Waals surface area contributed by atoms with Crippen LogP contribution in [0.2, 0.25) is 5.02 Å². The summed E-state index contributed by atoms with van der Waals surface area (Å²) >= 11 is 6.50. The van der Waals surface area contributed by atoms with E-state index in [4.69, 9.17) is 17.3 Å². The van der Waals surface area contributed by atoms with Gasteiger partial charge in [0.2, 0.25) is 0 Å². The molecule has 12 heteroatoms. The first-order valence-corrected chi connectivity index (χ1v) is 14.8. The molecule has 0 aliphatic carbocycles. The lowest BCUT2D eigenvalue weighted by atomic mass is 9.96. The van der Waals surface area contributed by atoms with Crippen molar-refractivity contribution in [2.24, 2.45) is 0 Å². The Balaban J connectivity index is 1.56. The highest BCUT2D eigenvalue weighted by Gasteiger charge is 2.27. The average molecular weight is 561 g/mol. The van der Waals surface area contributed by atoms with Crippen molar-refractivity contribution in [3.63, 3.8) is 0 Å². The number of carbonyl (C=O) groups excluding carboxylic acids is 1. The van der Waals surface area contributed by atoms with Gasteiger partial charge in [0.1, 0.15) is 27.8 Å². The summed E-state index contributed by atoms with van der Waals surface area (Å²) in [5.41, 5.74) is 8.65. The number of nitrogens with two attached hydrogens (primary N) is 1. The van der Waals surface area contributed by atoms with Crippen molar-refractivity contribution in [1.29, 1.82) is 0 Å². The summed E-state index contributed by atoms with van der Waals surface area (Å²) in [5, 5.41) is -0.00127. The van der Waals surface area contributed by atoms with Crippen LogP contribution >= 0.6 is 11.6 Å². The van der Waals surface area contributed by atoms with Gasteiger partial charge in [-0.1, -0.05) is 18.5 Å². The van der Waals surface area contributed by atoms with Gasteiger partial charge in [0.15, 0.2) is 0 Å². The van der Waals surface area contributed by atoms with Crippen molar-refractivity contribution >= 4 is 33.2 Å². The van der Waals surface area contributed by atoms with Crippen LogP contribution in [0.5, 0.6) is 0 Å². The lowest BCUT2D eigenvalue weighted by Gasteiger charge is -2.35. The number of halogens is 2. The van der Waals surface area contributed by atoms with E-state index in [2.05, 4.69) is 19.9 Å². The number of aryl methyl sites for hydroxylation is 1. The quantitative estimate of drug-likeness (QED) is 0.445. The molecule has 2 N–H and O–H groups in total. The molecular formula is C26H30ClFN6O3S. The Bertz CT molecular complexity index is 1400. The third-order valence-corrected chi connectivity index (χ3v) is 7.84. The van der Waals surface area contributed by atoms with E-state index in [1.165, 1.54) is 18.6 Å². The third-order valence-electron chi connectivity index (χ3n) is 6.51. The summed E-state index contributed by atoms with van der Waals surface area (Å²) in [6, 6.07) is 6.30. The van der Waals surface area contributed by atoms with Crippen LogP contribution in [0.25, 0.3) is 22.4 Å². The minimum absolute atomic E-state index is 0.00127. The first-order valence-electron chi connectivity index (χ1n) is 12.3. The lowest BCUT2D eigenvalue weighted by Crippen LogP contribution is -2.49. The molecular weight excluding hydrogens is 531 g/mol. The molecule has 1 saturated heterocycles. The van der Waals surface area contributed by atoms with Gasteiger partial charge in [-0.15, -0.1) is 0 Å². The largest absolute Gasteiger partial charge is 0.384 e. The standard InChI is InChI=1S/C26H30ClFN6O3S/c1-3-21-23(17-5-6-22(29)30-15-17)25(32-16-31-21)18-13-19(27)24(20(28)14-18)26(35)34-10-8-33(9-11-34)7-4-12-38(2,36)37/h5-6,13-16H,3-4,7-12H2,1-2H3,(H2,29,30). The SMILES string of the molecule is CCc1ncnc(-c2cc(F)c(C(=O)N3CCN(CCCS(C)(=O)=O)CC3)c(Cl)c2)c1-c1ccc(N)nc1. The predicted octanol–water partition coefficient (Wildman–Crippen LogP) is 3.34. The van der Waals surface area contributed by atoms with Gasteiger partial charge in [0.05, 0.1) is 27.7 Å². The zero-order chi connectivity index (χ0) is 27.4. The van der Waals surface area contributed by atoms with E-state index in [9.17, 15) is 13.2 Å². The number of carbonyl (C=O) groups is 1. The van der Waals surface area contributed by atoms with E-state index in [-0.39, 0.29) is 16.3 Å². The minimum Gasteiger partial charge on any atom is -0.384 e. The van der Waals surface area contributed by atoms with Crippen molar-refractivity contribution < 1.29 is 17.6 Å². The van der Waals surface area contributed by atoms with Gasteiger partial charge in [0.25, 0.3) is 5.91 Å². The molecule has 0 atom stereocenters. The Morgan fingerprint density at radius 2 is 1.84 bits per heavy atom. The molecule has 0 bridgehead atoms. The number of rotatable bonds is 8. The minimum atomic E-state index is -3.01. The van der Waals surface area contributed by atoms with Crippen molar-refractivity contribution in [3.8, 4) is 22.4 Å². The second-order valence-electron chi connectivity index (χ2n) is 9.30. The second kappa shape index (κ2) is 11.7. The van der Waals surface area contributed by atoms with Crippen LogP contribution < -0.4 is 5.73 Å². The van der Waals surface area contributed by atoms with Crippen molar-refractivity contribution in [2.45, 2.75) is 19.8 Å². The molecule has 9 nitrogen and oxygen atoms in total. The maximum absolute atomic E-state index is 15.5. The number of benzene rings is 1. The van der Waals surface area contributed by atoms with E-state index in [0.29, 0.717) is 68.2 Å². The number of sulfone groups is 1. The number of piperazine rings is 1. The fourth-order valence-electron chi connectivity index (χ4n) is 4.56. The molecule has 1 aliphatic heterocycles. The smallest absolute Gasteiger partial charge is 0.258 e. The van der Waals surface area contributed by atoms with Crippen molar-refractivity contribution in [3.05, 3.63) is 58.9 Å². The highest BCUT2D eigenvalue weighted by molar-refractivity contribution is 7.90. The molecule has 2 aromatic heterocycles. The Kier molecular flexibility index (Phi) is 8.59. The Morgan fingerprint density at radius 3 is 2.45 bits per heavy atom. The van der Waals surface area contributed by atoms with Crippen molar-refractivity contribution in [1.82, 2.24) is 24.8 Å². The normalized spacial score (nSPS) is 14.6. The van der Waals surface area contributed by atoms with E-state index in [1.807, 2.05) is 6.92 Å². The summed E-state index contributed by atoms with van der Waals surface area (Å²) in [6.45, 7) is 4.54. The highest BCUT2D eigenvalue weighted by Crippen LogP contribution is 2.35. The number of nitrogens with zero attached hydrogens (tertiary/aromatic N) is 5. The fraction of sp³-hybridized carbons (Fsp3) is 0.385. The molecule has 0 saturated carbocycles. The Labute approximate surface area is 226 Å². The molecule has 3 aromatic rings. The molecule has 1 aliphatic rings. The summed E-state index contributed by atoms with van der Waals surface area (Å²) < 4.78 is 38.2. The number of hydrogen-bond acceptors (Lipinski definition) is 8. The maximum atomic E-state index is 15.5. The van der Waals surface area contributed by atoms with E-state index < -0.39 is 21.6 Å². The summed E-state index contributed by atoms with van der Waals surface area (Å²) in [7, 11) is -3.01. The monoisotopic (exact) mass is 560 g/mol. The number of pyridine rings is 1. The van der Waals surface area contributed by atoms with Crippen LogP contribution in [0.3, 0.4) is 0 Å². The first kappa shape index (κ1) is 27.9. The van der Waals surface area contributed by atoms with Gasteiger partial charge < -0.3 is 10.6 Å². The van der Waals surface area contributed by atoms with Crippen LogP contribution in [0.1, 0.15) is 29.4 Å². The molecule has 0 unspecified atom stereocenters. The van der Waals surface area contributed by atoms with Gasteiger partial charge in [-0.25, -0.2) is 27.8 Å². The lowest BCUT2D eigenvalue weighted by molar-refractivity contribution is 0.0633. The summed E-state index contributed by atoms with van der Waals surface area (Å²) in [4.78, 5) is 29.9. The maximum Gasteiger partial charge on any atom is 0.258 e. The number of aromatic nitrogens is 3. The van der Waals surface area contributed by atoms with Gasteiger partial charge in [-0.3, -0.25) is 9.69 Å². The van der Waals surface area contributed by atoms with Gasteiger partial charge in [-0.2, -0.15) is 0 Å².